The standard InChI is InChI=1S/C24H19BrN2O4/c1-31-22(28)21-20(18-14-17(25)12-13-19(18)26-21)27-23(29)24(30,15-8-4-2-5-9-15)16-10-6-3-7-11-16/h2-14,26,30H,1H3,(H,27,29). The number of methoxy groups -OCH3 is 1. The second-order valence-corrected chi connectivity index (χ2v) is 7.87. The van der Waals surface area contributed by atoms with E-state index in [9.17, 15) is 14.7 Å². The van der Waals surface area contributed by atoms with Gasteiger partial charge < -0.3 is 20.1 Å². The van der Waals surface area contributed by atoms with Crippen LogP contribution in [0.1, 0.15) is 21.6 Å². The van der Waals surface area contributed by atoms with Crippen molar-refractivity contribution >= 4 is 44.4 Å². The van der Waals surface area contributed by atoms with E-state index >= 15 is 0 Å². The summed E-state index contributed by atoms with van der Waals surface area (Å²) in [5.41, 5.74) is -0.211. The molecule has 0 saturated heterocycles. The number of nitrogens with one attached hydrogen (secondary N) is 2. The number of carbonyl (C=O) groups excluding carboxylic acids is 2. The third-order valence-corrected chi connectivity index (χ3v) is 5.59. The van der Waals surface area contributed by atoms with E-state index in [2.05, 4.69) is 26.2 Å². The van der Waals surface area contributed by atoms with Crippen molar-refractivity contribution in [3.63, 3.8) is 0 Å². The molecule has 1 aromatic heterocycles. The number of hydrogen-bond acceptors (Lipinski definition) is 4. The van der Waals surface area contributed by atoms with E-state index in [1.807, 2.05) is 6.07 Å². The normalized spacial score (nSPS) is 11.3. The fourth-order valence-electron chi connectivity index (χ4n) is 3.54. The number of aromatic nitrogens is 1. The molecule has 1 amide bonds. The molecular formula is C24H19BrN2O4. The van der Waals surface area contributed by atoms with Crippen molar-refractivity contribution in [1.82, 2.24) is 4.98 Å². The van der Waals surface area contributed by atoms with Gasteiger partial charge in [-0.2, -0.15) is 0 Å². The summed E-state index contributed by atoms with van der Waals surface area (Å²) in [7, 11) is 1.26. The average molecular weight is 479 g/mol. The molecule has 0 spiro atoms. The number of amides is 1. The molecule has 3 aromatic carbocycles. The topological polar surface area (TPSA) is 91.4 Å². The van der Waals surface area contributed by atoms with Crippen molar-refractivity contribution in [2.45, 2.75) is 5.60 Å². The van der Waals surface area contributed by atoms with Crippen LogP contribution in [-0.4, -0.2) is 29.1 Å². The number of H-pyrrole nitrogens is 1. The maximum Gasteiger partial charge on any atom is 0.356 e. The summed E-state index contributed by atoms with van der Waals surface area (Å²) in [5.74, 6) is -1.33. The van der Waals surface area contributed by atoms with E-state index < -0.39 is 17.5 Å². The van der Waals surface area contributed by atoms with Gasteiger partial charge in [0.15, 0.2) is 5.60 Å². The van der Waals surface area contributed by atoms with Crippen LogP contribution >= 0.6 is 15.9 Å². The summed E-state index contributed by atoms with van der Waals surface area (Å²) in [6.45, 7) is 0. The van der Waals surface area contributed by atoms with Gasteiger partial charge in [0, 0.05) is 15.4 Å². The van der Waals surface area contributed by atoms with Gasteiger partial charge >= 0.3 is 5.97 Å². The first-order valence-electron chi connectivity index (χ1n) is 9.49. The third kappa shape index (κ3) is 3.73. The van der Waals surface area contributed by atoms with Crippen molar-refractivity contribution < 1.29 is 19.4 Å². The molecule has 0 atom stereocenters. The molecule has 0 radical (unpaired) electrons. The van der Waals surface area contributed by atoms with Gasteiger partial charge in [-0.15, -0.1) is 0 Å². The maximum absolute atomic E-state index is 13.6. The first kappa shape index (κ1) is 20.8. The predicted molar refractivity (Wildman–Crippen MR) is 122 cm³/mol. The fraction of sp³-hybridized carbons (Fsp3) is 0.0833. The minimum atomic E-state index is -1.98. The van der Waals surface area contributed by atoms with Crippen molar-refractivity contribution in [1.29, 1.82) is 0 Å². The van der Waals surface area contributed by atoms with Gasteiger partial charge in [0.1, 0.15) is 5.69 Å². The molecule has 4 aromatic rings. The van der Waals surface area contributed by atoms with Crippen LogP contribution in [0.15, 0.2) is 83.3 Å². The zero-order valence-electron chi connectivity index (χ0n) is 16.6. The number of benzene rings is 3. The van der Waals surface area contributed by atoms with Gasteiger partial charge in [0.2, 0.25) is 0 Å². The third-order valence-electron chi connectivity index (χ3n) is 5.10. The highest BCUT2D eigenvalue weighted by Gasteiger charge is 2.40. The Morgan fingerprint density at radius 2 is 1.55 bits per heavy atom. The number of halogens is 1. The highest BCUT2D eigenvalue weighted by atomic mass is 79.9. The molecule has 7 heteroatoms. The van der Waals surface area contributed by atoms with E-state index in [1.54, 1.807) is 72.8 Å². The molecule has 0 bridgehead atoms. The second-order valence-electron chi connectivity index (χ2n) is 6.95. The van der Waals surface area contributed by atoms with E-state index in [0.717, 1.165) is 4.47 Å². The van der Waals surface area contributed by atoms with Crippen LogP contribution in [0.5, 0.6) is 0 Å². The summed E-state index contributed by atoms with van der Waals surface area (Å²) >= 11 is 3.42. The molecule has 0 aliphatic rings. The predicted octanol–water partition coefficient (Wildman–Crippen LogP) is 4.59. The quantitative estimate of drug-likeness (QED) is 0.365. The van der Waals surface area contributed by atoms with Gasteiger partial charge in [-0.05, 0) is 29.3 Å². The summed E-state index contributed by atoms with van der Waals surface area (Å²) in [6, 6.07) is 22.7. The van der Waals surface area contributed by atoms with Crippen LogP contribution in [0.25, 0.3) is 10.9 Å². The van der Waals surface area contributed by atoms with Crippen molar-refractivity contribution in [2.75, 3.05) is 12.4 Å². The van der Waals surface area contributed by atoms with Gasteiger partial charge in [0.05, 0.1) is 12.8 Å². The zero-order valence-corrected chi connectivity index (χ0v) is 18.1. The molecule has 3 N–H and O–H groups in total. The smallest absolute Gasteiger partial charge is 0.356 e. The Labute approximate surface area is 187 Å². The molecule has 1 heterocycles. The first-order valence-corrected chi connectivity index (χ1v) is 10.3. The summed E-state index contributed by atoms with van der Waals surface area (Å²) in [4.78, 5) is 29.0. The van der Waals surface area contributed by atoms with Gasteiger partial charge in [0.25, 0.3) is 5.91 Å². The van der Waals surface area contributed by atoms with Crippen LogP contribution in [0, 0.1) is 0 Å². The lowest BCUT2D eigenvalue weighted by Crippen LogP contribution is -2.41. The number of esters is 1. The van der Waals surface area contributed by atoms with Gasteiger partial charge in [-0.3, -0.25) is 4.79 Å². The van der Waals surface area contributed by atoms with E-state index in [1.165, 1.54) is 7.11 Å². The van der Waals surface area contributed by atoms with Crippen LogP contribution in [-0.2, 0) is 15.1 Å². The lowest BCUT2D eigenvalue weighted by Gasteiger charge is -2.28. The maximum atomic E-state index is 13.6. The number of fused-ring (bicyclic) bond motifs is 1. The second kappa shape index (κ2) is 8.37. The highest BCUT2D eigenvalue weighted by Crippen LogP contribution is 2.35. The Hall–Kier alpha value is -3.42. The summed E-state index contributed by atoms with van der Waals surface area (Å²) < 4.78 is 5.65. The van der Waals surface area contributed by atoms with E-state index in [-0.39, 0.29) is 11.4 Å². The number of ether oxygens (including phenoxy) is 1. The minimum absolute atomic E-state index is 0.0902. The van der Waals surface area contributed by atoms with Crippen molar-refractivity contribution in [3.05, 3.63) is 100 Å². The molecule has 6 nitrogen and oxygen atoms in total. The van der Waals surface area contributed by atoms with E-state index in [0.29, 0.717) is 22.0 Å². The molecule has 4 rings (SSSR count). The van der Waals surface area contributed by atoms with Crippen molar-refractivity contribution in [3.8, 4) is 0 Å². The number of hydrogen-bond donors (Lipinski definition) is 3. The average Bonchev–Trinajstić information content (AvgIpc) is 3.16. The molecule has 0 fully saturated rings. The van der Waals surface area contributed by atoms with Crippen LogP contribution in [0.3, 0.4) is 0 Å². The fourth-order valence-corrected chi connectivity index (χ4v) is 3.90. The Bertz CT molecular complexity index is 1210. The Balaban J connectivity index is 1.86. The largest absolute Gasteiger partial charge is 0.464 e. The Morgan fingerprint density at radius 3 is 2.10 bits per heavy atom. The number of aromatic amines is 1. The molecular weight excluding hydrogens is 460 g/mol. The highest BCUT2D eigenvalue weighted by molar-refractivity contribution is 9.10. The van der Waals surface area contributed by atoms with Crippen LogP contribution in [0.4, 0.5) is 5.69 Å². The lowest BCUT2D eigenvalue weighted by atomic mass is 9.85. The monoisotopic (exact) mass is 478 g/mol. The van der Waals surface area contributed by atoms with Crippen LogP contribution in [0.2, 0.25) is 0 Å². The lowest BCUT2D eigenvalue weighted by molar-refractivity contribution is -0.131. The first-order chi connectivity index (χ1) is 14.9. The summed E-state index contributed by atoms with van der Waals surface area (Å²) in [5, 5.41) is 15.1. The Kier molecular flexibility index (Phi) is 5.63. The number of carbonyl (C=O) groups is 2. The van der Waals surface area contributed by atoms with Crippen LogP contribution < -0.4 is 5.32 Å². The number of rotatable bonds is 5. The molecule has 31 heavy (non-hydrogen) atoms. The van der Waals surface area contributed by atoms with Gasteiger partial charge in [-0.1, -0.05) is 76.6 Å². The zero-order chi connectivity index (χ0) is 22.0. The number of aliphatic hydroxyl groups is 1. The summed E-state index contributed by atoms with van der Waals surface area (Å²) in [6.07, 6.45) is 0. The molecule has 0 saturated carbocycles. The minimum Gasteiger partial charge on any atom is -0.464 e. The van der Waals surface area contributed by atoms with E-state index in [4.69, 9.17) is 4.74 Å². The molecule has 0 aliphatic heterocycles. The van der Waals surface area contributed by atoms with Gasteiger partial charge in [-0.25, -0.2) is 4.79 Å². The number of anilines is 1. The molecule has 0 aliphatic carbocycles. The van der Waals surface area contributed by atoms with Crippen molar-refractivity contribution in [2.24, 2.45) is 0 Å². The Morgan fingerprint density at radius 1 is 0.968 bits per heavy atom. The SMILES string of the molecule is COC(=O)c1[nH]c2ccc(Br)cc2c1NC(=O)C(O)(c1ccccc1)c1ccccc1. The molecule has 0 unspecified atom stereocenters. The molecule has 156 valence electrons.